The zero-order chi connectivity index (χ0) is 13.4. The van der Waals surface area contributed by atoms with E-state index in [0.717, 1.165) is 18.8 Å². The van der Waals surface area contributed by atoms with E-state index in [9.17, 15) is 0 Å². The van der Waals surface area contributed by atoms with Gasteiger partial charge in [0, 0.05) is 0 Å². The zero-order valence-electron chi connectivity index (χ0n) is 11.3. The number of rotatable bonds is 8. The molecule has 3 nitrogen and oxygen atoms in total. The van der Waals surface area contributed by atoms with Crippen molar-refractivity contribution in [3.63, 3.8) is 0 Å². The topological polar surface area (TPSA) is 49.7 Å². The highest BCUT2D eigenvalue weighted by molar-refractivity contribution is 6.58. The maximum Gasteiger partial charge on any atom is 0.488 e. The van der Waals surface area contributed by atoms with Crippen LogP contribution >= 0.6 is 0 Å². The fourth-order valence-electron chi connectivity index (χ4n) is 1.85. The zero-order valence-corrected chi connectivity index (χ0v) is 11.3. The predicted octanol–water partition coefficient (Wildman–Crippen LogP) is 1.96. The highest BCUT2D eigenvalue weighted by Crippen LogP contribution is 2.15. The molecule has 18 heavy (non-hydrogen) atoms. The molecular formula is C14H23BO3. The van der Waals surface area contributed by atoms with Crippen molar-refractivity contribution in [1.82, 2.24) is 0 Å². The molecule has 0 heterocycles. The van der Waals surface area contributed by atoms with Crippen molar-refractivity contribution in [2.45, 2.75) is 39.5 Å². The van der Waals surface area contributed by atoms with Crippen molar-refractivity contribution in [2.75, 3.05) is 6.61 Å². The van der Waals surface area contributed by atoms with Gasteiger partial charge in [-0.2, -0.15) is 0 Å². The van der Waals surface area contributed by atoms with Gasteiger partial charge in [-0.15, -0.1) is 0 Å². The van der Waals surface area contributed by atoms with Gasteiger partial charge >= 0.3 is 7.12 Å². The van der Waals surface area contributed by atoms with Crippen LogP contribution in [-0.2, 0) is 0 Å². The van der Waals surface area contributed by atoms with E-state index in [2.05, 4.69) is 13.8 Å². The second-order valence-corrected chi connectivity index (χ2v) is 4.67. The Bertz CT molecular complexity index is 324. The Morgan fingerprint density at radius 3 is 2.33 bits per heavy atom. The van der Waals surface area contributed by atoms with Crippen molar-refractivity contribution in [3.05, 3.63) is 24.3 Å². The molecule has 0 aliphatic rings. The fraction of sp³-hybridized carbons (Fsp3) is 0.571. The third-order valence-corrected chi connectivity index (χ3v) is 3.21. The molecule has 0 spiro atoms. The first-order valence-electron chi connectivity index (χ1n) is 6.76. The van der Waals surface area contributed by atoms with Crippen molar-refractivity contribution >= 4 is 12.6 Å². The number of hydrogen-bond acceptors (Lipinski definition) is 3. The SMILES string of the molecule is CCCC[C@H](CC)COc1ccc(B(O)O)cc1. The summed E-state index contributed by atoms with van der Waals surface area (Å²) in [5.74, 6) is 1.39. The summed E-state index contributed by atoms with van der Waals surface area (Å²) in [6.07, 6.45) is 4.81. The summed E-state index contributed by atoms with van der Waals surface area (Å²) in [6.45, 7) is 5.12. The van der Waals surface area contributed by atoms with E-state index in [1.54, 1.807) is 24.3 Å². The van der Waals surface area contributed by atoms with Crippen LogP contribution < -0.4 is 10.2 Å². The molecule has 1 atom stereocenters. The third-order valence-electron chi connectivity index (χ3n) is 3.21. The van der Waals surface area contributed by atoms with Crippen LogP contribution in [0.3, 0.4) is 0 Å². The smallest absolute Gasteiger partial charge is 0.488 e. The Morgan fingerprint density at radius 1 is 1.17 bits per heavy atom. The van der Waals surface area contributed by atoms with Gasteiger partial charge in [0.15, 0.2) is 0 Å². The summed E-state index contributed by atoms with van der Waals surface area (Å²) >= 11 is 0. The molecule has 1 aromatic rings. The first kappa shape index (κ1) is 15.1. The van der Waals surface area contributed by atoms with Gasteiger partial charge in [0.25, 0.3) is 0 Å². The third kappa shape index (κ3) is 5.11. The lowest BCUT2D eigenvalue weighted by molar-refractivity contribution is 0.233. The van der Waals surface area contributed by atoms with Gasteiger partial charge < -0.3 is 14.8 Å². The second-order valence-electron chi connectivity index (χ2n) is 4.67. The summed E-state index contributed by atoms with van der Waals surface area (Å²) < 4.78 is 5.73. The van der Waals surface area contributed by atoms with Gasteiger partial charge in [-0.25, -0.2) is 0 Å². The van der Waals surface area contributed by atoms with Crippen LogP contribution in [0, 0.1) is 5.92 Å². The normalized spacial score (nSPS) is 12.2. The molecular weight excluding hydrogens is 227 g/mol. The van der Waals surface area contributed by atoms with E-state index in [-0.39, 0.29) is 0 Å². The largest absolute Gasteiger partial charge is 0.493 e. The average Bonchev–Trinajstić information content (AvgIpc) is 2.39. The number of ether oxygens (including phenoxy) is 1. The maximum absolute atomic E-state index is 8.98. The lowest BCUT2D eigenvalue weighted by Crippen LogP contribution is -2.29. The quantitative estimate of drug-likeness (QED) is 0.693. The Hall–Kier alpha value is -0.995. The lowest BCUT2D eigenvalue weighted by atomic mass is 9.80. The first-order chi connectivity index (χ1) is 8.67. The maximum atomic E-state index is 8.98. The van der Waals surface area contributed by atoms with Crippen LogP contribution in [0.5, 0.6) is 5.75 Å². The highest BCUT2D eigenvalue weighted by atomic mass is 16.5. The van der Waals surface area contributed by atoms with Crippen LogP contribution in [0.4, 0.5) is 0 Å². The molecule has 0 bridgehead atoms. The summed E-state index contributed by atoms with van der Waals surface area (Å²) in [7, 11) is -1.41. The molecule has 0 amide bonds. The van der Waals surface area contributed by atoms with Gasteiger partial charge in [0.1, 0.15) is 5.75 Å². The van der Waals surface area contributed by atoms with Crippen molar-refractivity contribution in [3.8, 4) is 5.75 Å². The summed E-state index contributed by atoms with van der Waals surface area (Å²) in [5.41, 5.74) is 0.486. The average molecular weight is 250 g/mol. The monoisotopic (exact) mass is 250 g/mol. The van der Waals surface area contributed by atoms with Crippen molar-refractivity contribution in [2.24, 2.45) is 5.92 Å². The Balaban J connectivity index is 2.42. The van der Waals surface area contributed by atoms with Crippen LogP contribution in [-0.4, -0.2) is 23.8 Å². The van der Waals surface area contributed by atoms with Gasteiger partial charge in [0.05, 0.1) is 6.61 Å². The minimum absolute atomic E-state index is 0.486. The van der Waals surface area contributed by atoms with Gasteiger partial charge in [-0.05, 0) is 29.9 Å². The van der Waals surface area contributed by atoms with Gasteiger partial charge in [-0.1, -0.05) is 45.2 Å². The summed E-state index contributed by atoms with van der Waals surface area (Å²) in [5, 5.41) is 18.0. The molecule has 0 aliphatic heterocycles. The molecule has 4 heteroatoms. The molecule has 0 aliphatic carbocycles. The molecule has 100 valence electrons. The molecule has 0 aromatic heterocycles. The highest BCUT2D eigenvalue weighted by Gasteiger charge is 2.11. The Labute approximate surface area is 110 Å². The molecule has 0 saturated heterocycles. The van der Waals surface area contributed by atoms with Gasteiger partial charge in [-0.3, -0.25) is 0 Å². The molecule has 1 aromatic carbocycles. The number of benzene rings is 1. The van der Waals surface area contributed by atoms with E-state index < -0.39 is 7.12 Å². The predicted molar refractivity (Wildman–Crippen MR) is 75.1 cm³/mol. The molecule has 0 radical (unpaired) electrons. The summed E-state index contributed by atoms with van der Waals surface area (Å²) in [6, 6.07) is 6.91. The Morgan fingerprint density at radius 2 is 1.83 bits per heavy atom. The van der Waals surface area contributed by atoms with E-state index in [1.807, 2.05) is 0 Å². The van der Waals surface area contributed by atoms with Crippen LogP contribution in [0.15, 0.2) is 24.3 Å². The lowest BCUT2D eigenvalue weighted by Gasteiger charge is -2.15. The molecule has 0 fully saturated rings. The molecule has 1 rings (SSSR count). The van der Waals surface area contributed by atoms with Gasteiger partial charge in [0.2, 0.25) is 0 Å². The standard InChI is InChI=1S/C14H23BO3/c1-3-5-6-12(4-2)11-18-14-9-7-13(8-10-14)15(16)17/h7-10,12,16-17H,3-6,11H2,1-2H3/t12-/m0/s1. The number of hydrogen-bond donors (Lipinski definition) is 2. The van der Waals surface area contributed by atoms with E-state index in [0.29, 0.717) is 11.4 Å². The van der Waals surface area contributed by atoms with E-state index in [4.69, 9.17) is 14.8 Å². The molecule has 0 saturated carbocycles. The first-order valence-corrected chi connectivity index (χ1v) is 6.76. The summed E-state index contributed by atoms with van der Waals surface area (Å²) in [4.78, 5) is 0. The van der Waals surface area contributed by atoms with Crippen LogP contribution in [0.25, 0.3) is 0 Å². The number of unbranched alkanes of at least 4 members (excludes halogenated alkanes) is 1. The second kappa shape index (κ2) is 8.17. The van der Waals surface area contributed by atoms with Crippen LogP contribution in [0.1, 0.15) is 39.5 Å². The fourth-order valence-corrected chi connectivity index (χ4v) is 1.85. The van der Waals surface area contributed by atoms with Crippen molar-refractivity contribution in [1.29, 1.82) is 0 Å². The Kier molecular flexibility index (Phi) is 6.84. The van der Waals surface area contributed by atoms with E-state index in [1.165, 1.54) is 19.3 Å². The van der Waals surface area contributed by atoms with E-state index >= 15 is 0 Å². The minimum Gasteiger partial charge on any atom is -0.493 e. The minimum atomic E-state index is -1.41. The molecule has 2 N–H and O–H groups in total. The van der Waals surface area contributed by atoms with Crippen molar-refractivity contribution < 1.29 is 14.8 Å². The van der Waals surface area contributed by atoms with Crippen LogP contribution in [0.2, 0.25) is 0 Å². The molecule has 0 unspecified atom stereocenters.